The van der Waals surface area contributed by atoms with E-state index in [2.05, 4.69) is 68.1 Å². The predicted octanol–water partition coefficient (Wildman–Crippen LogP) is 4.52. The van der Waals surface area contributed by atoms with Gasteiger partial charge in [0.05, 0.1) is 0 Å². The molecule has 17 heavy (non-hydrogen) atoms. The van der Waals surface area contributed by atoms with Crippen molar-refractivity contribution >= 4 is 10.8 Å². The van der Waals surface area contributed by atoms with Crippen molar-refractivity contribution in [1.29, 1.82) is 0 Å². The van der Waals surface area contributed by atoms with Gasteiger partial charge in [0.1, 0.15) is 0 Å². The molecule has 0 fully saturated rings. The SMILES string of the molecule is C=C.COC.Cc1ccc2c(C)cccc2c1. The largest absolute Gasteiger partial charge is 0.388 e. The maximum atomic E-state index is 4.25. The summed E-state index contributed by atoms with van der Waals surface area (Å²) in [5, 5.41) is 2.71. The quantitative estimate of drug-likeness (QED) is 0.604. The highest BCUT2D eigenvalue weighted by atomic mass is 16.4. The van der Waals surface area contributed by atoms with Crippen LogP contribution in [0.1, 0.15) is 11.1 Å². The van der Waals surface area contributed by atoms with E-state index in [0.717, 1.165) is 0 Å². The first-order valence-corrected chi connectivity index (χ1v) is 5.55. The summed E-state index contributed by atoms with van der Waals surface area (Å²) in [5.74, 6) is 0. The Hall–Kier alpha value is -1.60. The van der Waals surface area contributed by atoms with Gasteiger partial charge in [0, 0.05) is 14.2 Å². The van der Waals surface area contributed by atoms with Crippen molar-refractivity contribution in [3.63, 3.8) is 0 Å². The second-order valence-corrected chi connectivity index (χ2v) is 3.71. The summed E-state index contributed by atoms with van der Waals surface area (Å²) in [7, 11) is 3.25. The third-order valence-electron chi connectivity index (χ3n) is 2.25. The summed E-state index contributed by atoms with van der Waals surface area (Å²) in [4.78, 5) is 0. The maximum Gasteiger partial charge on any atom is 0.0351 e. The van der Waals surface area contributed by atoms with Crippen LogP contribution in [0.2, 0.25) is 0 Å². The number of rotatable bonds is 0. The first-order chi connectivity index (χ1) is 8.19. The molecule has 92 valence electrons. The molecule has 1 nitrogen and oxygen atoms in total. The summed E-state index contributed by atoms with van der Waals surface area (Å²) < 4.78 is 4.25. The van der Waals surface area contributed by atoms with Crippen molar-refractivity contribution in [2.75, 3.05) is 14.2 Å². The number of hydrogen-bond donors (Lipinski definition) is 0. The van der Waals surface area contributed by atoms with Crippen molar-refractivity contribution in [1.82, 2.24) is 0 Å². The highest BCUT2D eigenvalue weighted by Crippen LogP contribution is 2.18. The lowest BCUT2D eigenvalue weighted by Crippen LogP contribution is -1.78. The van der Waals surface area contributed by atoms with Crippen molar-refractivity contribution in [3.05, 3.63) is 60.7 Å². The fraction of sp³-hybridized carbons (Fsp3) is 0.250. The third kappa shape index (κ3) is 4.83. The third-order valence-corrected chi connectivity index (χ3v) is 2.25. The Morgan fingerprint density at radius 2 is 1.53 bits per heavy atom. The van der Waals surface area contributed by atoms with Crippen LogP contribution in [0, 0.1) is 13.8 Å². The van der Waals surface area contributed by atoms with Gasteiger partial charge < -0.3 is 4.74 Å². The molecule has 2 aromatic rings. The van der Waals surface area contributed by atoms with Crippen LogP contribution >= 0.6 is 0 Å². The molecule has 0 amide bonds. The van der Waals surface area contributed by atoms with Crippen LogP contribution < -0.4 is 0 Å². The van der Waals surface area contributed by atoms with Crippen LogP contribution in [-0.2, 0) is 4.74 Å². The van der Waals surface area contributed by atoms with Crippen LogP contribution in [-0.4, -0.2) is 14.2 Å². The van der Waals surface area contributed by atoms with Crippen molar-refractivity contribution < 1.29 is 4.74 Å². The summed E-state index contributed by atoms with van der Waals surface area (Å²) in [6, 6.07) is 13.0. The average Bonchev–Trinajstić information content (AvgIpc) is 2.32. The summed E-state index contributed by atoms with van der Waals surface area (Å²) in [6.07, 6.45) is 0. The Balaban J connectivity index is 0.000000450. The Kier molecular flexibility index (Phi) is 7.74. The highest BCUT2D eigenvalue weighted by molar-refractivity contribution is 5.86. The van der Waals surface area contributed by atoms with E-state index in [1.807, 2.05) is 0 Å². The molecule has 0 atom stereocenters. The molecule has 0 aliphatic heterocycles. The van der Waals surface area contributed by atoms with E-state index in [1.165, 1.54) is 21.9 Å². The Labute approximate surface area is 105 Å². The fourth-order valence-electron chi connectivity index (χ4n) is 1.57. The summed E-state index contributed by atoms with van der Waals surface area (Å²) >= 11 is 0. The van der Waals surface area contributed by atoms with Gasteiger partial charge in [-0.25, -0.2) is 0 Å². The van der Waals surface area contributed by atoms with Gasteiger partial charge in [0.25, 0.3) is 0 Å². The fourth-order valence-corrected chi connectivity index (χ4v) is 1.57. The van der Waals surface area contributed by atoms with Crippen LogP contribution in [0.3, 0.4) is 0 Å². The number of benzene rings is 2. The lowest BCUT2D eigenvalue weighted by Gasteiger charge is -2.01. The Morgan fingerprint density at radius 3 is 2.12 bits per heavy atom. The number of ether oxygens (including phenoxy) is 1. The van der Waals surface area contributed by atoms with Crippen molar-refractivity contribution in [3.8, 4) is 0 Å². The van der Waals surface area contributed by atoms with Gasteiger partial charge in [0.15, 0.2) is 0 Å². The highest BCUT2D eigenvalue weighted by Gasteiger charge is 1.94. The topological polar surface area (TPSA) is 9.23 Å². The van der Waals surface area contributed by atoms with Gasteiger partial charge >= 0.3 is 0 Å². The molecule has 0 unspecified atom stereocenters. The Bertz CT molecular complexity index is 446. The van der Waals surface area contributed by atoms with Crippen molar-refractivity contribution in [2.24, 2.45) is 0 Å². The molecule has 0 N–H and O–H groups in total. The number of fused-ring (bicyclic) bond motifs is 1. The molecule has 1 heteroatoms. The molecular formula is C16H22O. The predicted molar refractivity (Wildman–Crippen MR) is 77.6 cm³/mol. The van der Waals surface area contributed by atoms with Gasteiger partial charge in [0.2, 0.25) is 0 Å². The molecule has 0 heterocycles. The summed E-state index contributed by atoms with van der Waals surface area (Å²) in [5.41, 5.74) is 2.68. The second-order valence-electron chi connectivity index (χ2n) is 3.71. The molecular weight excluding hydrogens is 208 g/mol. The molecule has 0 aliphatic carbocycles. The first kappa shape index (κ1) is 15.4. The van der Waals surface area contributed by atoms with Crippen LogP contribution in [0.25, 0.3) is 10.8 Å². The first-order valence-electron chi connectivity index (χ1n) is 5.55. The van der Waals surface area contributed by atoms with E-state index in [1.54, 1.807) is 14.2 Å². The number of methoxy groups -OCH3 is 1. The average molecular weight is 230 g/mol. The van der Waals surface area contributed by atoms with E-state index in [9.17, 15) is 0 Å². The van der Waals surface area contributed by atoms with Gasteiger partial charge in [-0.05, 0) is 30.2 Å². The van der Waals surface area contributed by atoms with E-state index >= 15 is 0 Å². The summed E-state index contributed by atoms with van der Waals surface area (Å²) in [6.45, 7) is 10.3. The zero-order chi connectivity index (χ0) is 13.3. The van der Waals surface area contributed by atoms with Crippen LogP contribution in [0.15, 0.2) is 49.6 Å². The minimum absolute atomic E-state index is 1.33. The zero-order valence-corrected chi connectivity index (χ0v) is 11.3. The van der Waals surface area contributed by atoms with Gasteiger partial charge in [-0.2, -0.15) is 0 Å². The van der Waals surface area contributed by atoms with E-state index in [4.69, 9.17) is 0 Å². The molecule has 2 rings (SSSR count). The molecule has 0 saturated carbocycles. The monoisotopic (exact) mass is 230 g/mol. The van der Waals surface area contributed by atoms with E-state index < -0.39 is 0 Å². The molecule has 0 aromatic heterocycles. The molecule has 0 aliphatic rings. The number of hydrogen-bond acceptors (Lipinski definition) is 1. The minimum atomic E-state index is 1.33. The molecule has 2 aromatic carbocycles. The lowest BCUT2D eigenvalue weighted by molar-refractivity contribution is 0.277. The normalized spacial score (nSPS) is 8.71. The van der Waals surface area contributed by atoms with Gasteiger partial charge in [-0.3, -0.25) is 0 Å². The standard InChI is InChI=1S/C12H12.C2H6O.C2H4/c1-9-6-7-12-10(2)4-3-5-11(12)8-9;1-3-2;1-2/h3-8H,1-2H3;1-2H3;1-2H2. The maximum absolute atomic E-state index is 4.25. The van der Waals surface area contributed by atoms with Gasteiger partial charge in [-0.15, -0.1) is 13.2 Å². The lowest BCUT2D eigenvalue weighted by atomic mass is 10.0. The van der Waals surface area contributed by atoms with E-state index in [-0.39, 0.29) is 0 Å². The number of aryl methyl sites for hydroxylation is 2. The van der Waals surface area contributed by atoms with E-state index in [0.29, 0.717) is 0 Å². The molecule has 0 bridgehead atoms. The molecule has 0 spiro atoms. The minimum Gasteiger partial charge on any atom is -0.388 e. The van der Waals surface area contributed by atoms with Crippen LogP contribution in [0.4, 0.5) is 0 Å². The molecule has 0 saturated heterocycles. The second kappa shape index (κ2) is 8.54. The molecule has 0 radical (unpaired) electrons. The van der Waals surface area contributed by atoms with Crippen molar-refractivity contribution in [2.45, 2.75) is 13.8 Å². The Morgan fingerprint density at radius 1 is 0.941 bits per heavy atom. The van der Waals surface area contributed by atoms with Crippen LogP contribution in [0.5, 0.6) is 0 Å². The van der Waals surface area contributed by atoms with Gasteiger partial charge in [-0.1, -0.05) is 42.0 Å². The smallest absolute Gasteiger partial charge is 0.0351 e. The zero-order valence-electron chi connectivity index (χ0n) is 11.3.